The Morgan fingerprint density at radius 1 is 1.29 bits per heavy atom. The summed E-state index contributed by atoms with van der Waals surface area (Å²) >= 11 is 6.09. The number of rotatable bonds is 2. The van der Waals surface area contributed by atoms with Gasteiger partial charge < -0.3 is 14.6 Å². The third-order valence-corrected chi connectivity index (χ3v) is 5.18. The van der Waals surface area contributed by atoms with Crippen LogP contribution in [-0.4, -0.2) is 30.5 Å². The zero-order valence-electron chi connectivity index (χ0n) is 12.5. The Hall–Kier alpha value is -0.610. The second-order valence-corrected chi connectivity index (χ2v) is 6.78. The minimum absolute atomic E-state index is 0.0887. The van der Waals surface area contributed by atoms with Gasteiger partial charge in [-0.15, -0.1) is 0 Å². The van der Waals surface area contributed by atoms with E-state index in [9.17, 15) is 5.11 Å². The highest BCUT2D eigenvalue weighted by Gasteiger charge is 2.41. The standard InChI is InChI=1S/C17H23ClO3/c1-12-2-3-14(18)10-15(12)16(19)13-4-7-21-17(11-13)5-8-20-9-6-17/h2-3,10,13,16,19H,4-9,11H2,1H3. The van der Waals surface area contributed by atoms with Crippen LogP contribution >= 0.6 is 11.6 Å². The van der Waals surface area contributed by atoms with Crippen LogP contribution in [0, 0.1) is 12.8 Å². The maximum atomic E-state index is 10.8. The molecule has 1 aromatic carbocycles. The lowest BCUT2D eigenvalue weighted by atomic mass is 9.77. The number of ether oxygens (including phenoxy) is 2. The first kappa shape index (κ1) is 15.3. The van der Waals surface area contributed by atoms with Crippen LogP contribution in [-0.2, 0) is 9.47 Å². The second-order valence-electron chi connectivity index (χ2n) is 6.34. The van der Waals surface area contributed by atoms with Gasteiger partial charge in [-0.3, -0.25) is 0 Å². The van der Waals surface area contributed by atoms with Gasteiger partial charge in [0.25, 0.3) is 0 Å². The average molecular weight is 311 g/mol. The van der Waals surface area contributed by atoms with Gasteiger partial charge in [0.1, 0.15) is 0 Å². The van der Waals surface area contributed by atoms with Crippen LogP contribution in [0.3, 0.4) is 0 Å². The minimum atomic E-state index is -0.465. The highest BCUT2D eigenvalue weighted by Crippen LogP contribution is 2.42. The number of aliphatic hydroxyl groups is 1. The van der Waals surface area contributed by atoms with Gasteiger partial charge in [0.2, 0.25) is 0 Å². The molecule has 1 N–H and O–H groups in total. The van der Waals surface area contributed by atoms with E-state index in [0.717, 1.165) is 56.6 Å². The van der Waals surface area contributed by atoms with E-state index in [2.05, 4.69) is 0 Å². The lowest BCUT2D eigenvalue weighted by Crippen LogP contribution is -2.45. The molecule has 2 saturated heterocycles. The maximum absolute atomic E-state index is 10.8. The third kappa shape index (κ3) is 3.26. The number of hydrogen-bond acceptors (Lipinski definition) is 3. The van der Waals surface area contributed by atoms with Crippen LogP contribution in [0.2, 0.25) is 5.02 Å². The molecule has 1 aromatic rings. The summed E-state index contributed by atoms with van der Waals surface area (Å²) in [6.07, 6.45) is 3.21. The summed E-state index contributed by atoms with van der Waals surface area (Å²) in [5, 5.41) is 11.5. The summed E-state index contributed by atoms with van der Waals surface area (Å²) in [6, 6.07) is 5.75. The van der Waals surface area contributed by atoms with E-state index in [1.54, 1.807) is 0 Å². The van der Waals surface area contributed by atoms with Gasteiger partial charge in [0, 0.05) is 24.8 Å². The molecule has 3 rings (SSSR count). The maximum Gasteiger partial charge on any atom is 0.0823 e. The predicted molar refractivity (Wildman–Crippen MR) is 82.6 cm³/mol. The molecule has 2 heterocycles. The number of aliphatic hydroxyl groups excluding tert-OH is 1. The molecular formula is C17H23ClO3. The van der Waals surface area contributed by atoms with Crippen molar-refractivity contribution < 1.29 is 14.6 Å². The fourth-order valence-corrected chi connectivity index (χ4v) is 3.79. The number of hydrogen-bond donors (Lipinski definition) is 1. The summed E-state index contributed by atoms with van der Waals surface area (Å²) in [5.74, 6) is 0.231. The van der Waals surface area contributed by atoms with Crippen molar-refractivity contribution in [2.24, 2.45) is 5.92 Å². The molecule has 0 aliphatic carbocycles. The molecular weight excluding hydrogens is 288 g/mol. The Labute approximate surface area is 131 Å². The molecule has 2 fully saturated rings. The zero-order chi connectivity index (χ0) is 14.9. The lowest BCUT2D eigenvalue weighted by Gasteiger charge is -2.44. The first-order chi connectivity index (χ1) is 10.1. The topological polar surface area (TPSA) is 38.7 Å². The van der Waals surface area contributed by atoms with Crippen molar-refractivity contribution in [1.82, 2.24) is 0 Å². The lowest BCUT2D eigenvalue weighted by molar-refractivity contribution is -0.159. The molecule has 2 atom stereocenters. The Kier molecular flexibility index (Phi) is 4.55. The van der Waals surface area contributed by atoms with Crippen LogP contribution in [0.1, 0.15) is 42.9 Å². The molecule has 3 nitrogen and oxygen atoms in total. The van der Waals surface area contributed by atoms with Crippen LogP contribution < -0.4 is 0 Å². The van der Waals surface area contributed by atoms with E-state index in [1.165, 1.54) is 0 Å². The summed E-state index contributed by atoms with van der Waals surface area (Å²) < 4.78 is 11.5. The van der Waals surface area contributed by atoms with Gasteiger partial charge in [-0.25, -0.2) is 0 Å². The van der Waals surface area contributed by atoms with Gasteiger partial charge in [0.05, 0.1) is 11.7 Å². The number of aryl methyl sites for hydroxylation is 1. The van der Waals surface area contributed by atoms with Gasteiger partial charge in [0.15, 0.2) is 0 Å². The van der Waals surface area contributed by atoms with Gasteiger partial charge >= 0.3 is 0 Å². The Bertz CT molecular complexity index is 491. The molecule has 116 valence electrons. The number of halogens is 1. The van der Waals surface area contributed by atoms with E-state index in [1.807, 2.05) is 25.1 Å². The Morgan fingerprint density at radius 3 is 2.81 bits per heavy atom. The highest BCUT2D eigenvalue weighted by atomic mass is 35.5. The summed E-state index contributed by atoms with van der Waals surface area (Å²) in [4.78, 5) is 0. The van der Waals surface area contributed by atoms with Crippen molar-refractivity contribution in [3.63, 3.8) is 0 Å². The smallest absolute Gasteiger partial charge is 0.0823 e. The fourth-order valence-electron chi connectivity index (χ4n) is 3.61. The van der Waals surface area contributed by atoms with E-state index in [4.69, 9.17) is 21.1 Å². The highest BCUT2D eigenvalue weighted by molar-refractivity contribution is 6.30. The largest absolute Gasteiger partial charge is 0.388 e. The summed E-state index contributed by atoms with van der Waals surface area (Å²) in [7, 11) is 0. The summed E-state index contributed by atoms with van der Waals surface area (Å²) in [6.45, 7) is 4.28. The van der Waals surface area contributed by atoms with Crippen molar-refractivity contribution in [3.05, 3.63) is 34.3 Å². The van der Waals surface area contributed by atoms with Gasteiger partial charge in [-0.05, 0) is 61.8 Å². The van der Waals surface area contributed by atoms with Crippen molar-refractivity contribution in [2.75, 3.05) is 19.8 Å². The third-order valence-electron chi connectivity index (χ3n) is 4.94. The Balaban J connectivity index is 1.77. The first-order valence-corrected chi connectivity index (χ1v) is 8.13. The van der Waals surface area contributed by atoms with E-state index >= 15 is 0 Å². The van der Waals surface area contributed by atoms with Crippen molar-refractivity contribution in [2.45, 2.75) is 44.3 Å². The van der Waals surface area contributed by atoms with Crippen molar-refractivity contribution in [1.29, 1.82) is 0 Å². The van der Waals surface area contributed by atoms with Crippen LogP contribution in [0.5, 0.6) is 0 Å². The molecule has 2 aliphatic rings. The van der Waals surface area contributed by atoms with E-state index < -0.39 is 6.10 Å². The molecule has 2 unspecified atom stereocenters. The number of benzene rings is 1. The van der Waals surface area contributed by atoms with Crippen LogP contribution in [0.4, 0.5) is 0 Å². The fraction of sp³-hybridized carbons (Fsp3) is 0.647. The molecule has 21 heavy (non-hydrogen) atoms. The first-order valence-electron chi connectivity index (χ1n) is 7.75. The predicted octanol–water partition coefficient (Wildman–Crippen LogP) is 3.66. The van der Waals surface area contributed by atoms with Crippen LogP contribution in [0.15, 0.2) is 18.2 Å². The average Bonchev–Trinajstić information content (AvgIpc) is 2.50. The molecule has 0 saturated carbocycles. The van der Waals surface area contributed by atoms with Crippen LogP contribution in [0.25, 0.3) is 0 Å². The SMILES string of the molecule is Cc1ccc(Cl)cc1C(O)C1CCOC2(CCOCC2)C1. The van der Waals surface area contributed by atoms with Crippen molar-refractivity contribution in [3.8, 4) is 0 Å². The molecule has 0 bridgehead atoms. The molecule has 1 spiro atoms. The minimum Gasteiger partial charge on any atom is -0.388 e. The molecule has 4 heteroatoms. The van der Waals surface area contributed by atoms with Crippen molar-refractivity contribution >= 4 is 11.6 Å². The van der Waals surface area contributed by atoms with E-state index in [0.29, 0.717) is 5.02 Å². The Morgan fingerprint density at radius 2 is 2.05 bits per heavy atom. The zero-order valence-corrected chi connectivity index (χ0v) is 13.2. The summed E-state index contributed by atoms with van der Waals surface area (Å²) in [5.41, 5.74) is 1.96. The second kappa shape index (κ2) is 6.25. The molecule has 0 aromatic heterocycles. The molecule has 0 radical (unpaired) electrons. The normalized spacial score (nSPS) is 26.7. The van der Waals surface area contributed by atoms with E-state index in [-0.39, 0.29) is 11.5 Å². The van der Waals surface area contributed by atoms with Gasteiger partial charge in [-0.2, -0.15) is 0 Å². The molecule has 0 amide bonds. The van der Waals surface area contributed by atoms with Gasteiger partial charge in [-0.1, -0.05) is 17.7 Å². The molecule has 2 aliphatic heterocycles. The quantitative estimate of drug-likeness (QED) is 0.906. The monoisotopic (exact) mass is 310 g/mol.